The van der Waals surface area contributed by atoms with Gasteiger partial charge in [0.2, 0.25) is 0 Å². The van der Waals surface area contributed by atoms with Crippen molar-refractivity contribution in [1.82, 2.24) is 4.98 Å². The fourth-order valence-electron chi connectivity index (χ4n) is 1.63. The van der Waals surface area contributed by atoms with Crippen molar-refractivity contribution < 1.29 is 8.81 Å². The molecule has 2 aromatic rings. The summed E-state index contributed by atoms with van der Waals surface area (Å²) in [4.78, 5) is 4.11. The lowest BCUT2D eigenvalue weighted by Gasteiger charge is -2.00. The van der Waals surface area contributed by atoms with Gasteiger partial charge in [-0.3, -0.25) is 0 Å². The highest BCUT2D eigenvalue weighted by Crippen LogP contribution is 2.24. The third kappa shape index (κ3) is 2.71. The Morgan fingerprint density at radius 1 is 1.41 bits per heavy atom. The van der Waals surface area contributed by atoms with E-state index in [1.165, 1.54) is 6.07 Å². The van der Waals surface area contributed by atoms with Crippen LogP contribution in [0.3, 0.4) is 0 Å². The summed E-state index contributed by atoms with van der Waals surface area (Å²) in [6.45, 7) is 2.51. The van der Waals surface area contributed by atoms with Crippen LogP contribution >= 0.6 is 0 Å². The van der Waals surface area contributed by atoms with E-state index < -0.39 is 0 Å². The Labute approximate surface area is 99.5 Å². The van der Waals surface area contributed by atoms with Gasteiger partial charge < -0.3 is 10.2 Å². The smallest absolute Gasteiger partial charge is 0.194 e. The van der Waals surface area contributed by atoms with Crippen molar-refractivity contribution in [3.63, 3.8) is 0 Å². The van der Waals surface area contributed by atoms with Crippen LogP contribution in [-0.2, 0) is 6.42 Å². The summed E-state index contributed by atoms with van der Waals surface area (Å²) in [6.07, 6.45) is 3.06. The van der Waals surface area contributed by atoms with Gasteiger partial charge in [-0.25, -0.2) is 9.37 Å². The van der Waals surface area contributed by atoms with Gasteiger partial charge in [0.15, 0.2) is 11.7 Å². The average molecular weight is 234 g/mol. The summed E-state index contributed by atoms with van der Waals surface area (Å²) in [5, 5.41) is 0. The van der Waals surface area contributed by atoms with Crippen molar-refractivity contribution >= 4 is 0 Å². The Morgan fingerprint density at radius 3 is 3.00 bits per heavy atom. The maximum absolute atomic E-state index is 13.6. The van der Waals surface area contributed by atoms with Gasteiger partial charge in [0.25, 0.3) is 0 Å². The summed E-state index contributed by atoms with van der Waals surface area (Å²) in [5.41, 5.74) is 6.85. The van der Waals surface area contributed by atoms with E-state index in [0.717, 1.165) is 12.0 Å². The SMILES string of the molecule is Cc1ccc(F)c(-c2cnc(CCCN)o2)c1. The maximum atomic E-state index is 13.6. The number of hydrogen-bond donors (Lipinski definition) is 1. The third-order valence-corrected chi connectivity index (χ3v) is 2.54. The number of benzene rings is 1. The van der Waals surface area contributed by atoms with E-state index in [1.807, 2.05) is 6.92 Å². The summed E-state index contributed by atoms with van der Waals surface area (Å²) >= 11 is 0. The lowest BCUT2D eigenvalue weighted by atomic mass is 10.1. The molecule has 0 aliphatic heterocycles. The van der Waals surface area contributed by atoms with Gasteiger partial charge in [0.1, 0.15) is 5.82 Å². The normalized spacial score (nSPS) is 10.8. The topological polar surface area (TPSA) is 52.0 Å². The molecule has 0 spiro atoms. The first-order chi connectivity index (χ1) is 8.20. The predicted octanol–water partition coefficient (Wildman–Crippen LogP) is 2.68. The lowest BCUT2D eigenvalue weighted by molar-refractivity contribution is 0.496. The van der Waals surface area contributed by atoms with Gasteiger partial charge in [-0.15, -0.1) is 0 Å². The van der Waals surface area contributed by atoms with Crippen molar-refractivity contribution in [1.29, 1.82) is 0 Å². The number of nitrogens with two attached hydrogens (primary N) is 1. The van der Waals surface area contributed by atoms with Crippen LogP contribution in [-0.4, -0.2) is 11.5 Å². The minimum atomic E-state index is -0.294. The standard InChI is InChI=1S/C13H15FN2O/c1-9-4-5-11(14)10(7-9)12-8-16-13(17-12)3-2-6-15/h4-5,7-8H,2-3,6,15H2,1H3. The molecule has 0 saturated carbocycles. The van der Waals surface area contributed by atoms with Crippen LogP contribution in [0.25, 0.3) is 11.3 Å². The van der Waals surface area contributed by atoms with Crippen molar-refractivity contribution in [3.05, 3.63) is 41.7 Å². The summed E-state index contributed by atoms with van der Waals surface area (Å²) in [7, 11) is 0. The molecule has 0 bridgehead atoms. The quantitative estimate of drug-likeness (QED) is 0.884. The van der Waals surface area contributed by atoms with Crippen LogP contribution in [0, 0.1) is 12.7 Å². The molecule has 0 aliphatic rings. The van der Waals surface area contributed by atoms with Gasteiger partial charge in [-0.2, -0.15) is 0 Å². The van der Waals surface area contributed by atoms with Crippen LogP contribution in [0.1, 0.15) is 17.9 Å². The zero-order valence-corrected chi connectivity index (χ0v) is 9.74. The Balaban J connectivity index is 2.27. The molecular weight excluding hydrogens is 219 g/mol. The maximum Gasteiger partial charge on any atom is 0.194 e. The van der Waals surface area contributed by atoms with Crippen molar-refractivity contribution in [2.75, 3.05) is 6.54 Å². The molecule has 1 aromatic carbocycles. The first-order valence-corrected chi connectivity index (χ1v) is 5.62. The second-order valence-corrected chi connectivity index (χ2v) is 3.99. The fraction of sp³-hybridized carbons (Fsp3) is 0.308. The minimum absolute atomic E-state index is 0.294. The predicted molar refractivity (Wildman–Crippen MR) is 64.0 cm³/mol. The van der Waals surface area contributed by atoms with Crippen LogP contribution < -0.4 is 5.73 Å². The zero-order valence-electron chi connectivity index (χ0n) is 9.74. The summed E-state index contributed by atoms with van der Waals surface area (Å²) < 4.78 is 19.1. The van der Waals surface area contributed by atoms with Gasteiger partial charge in [-0.1, -0.05) is 11.6 Å². The average Bonchev–Trinajstić information content (AvgIpc) is 2.78. The molecule has 0 atom stereocenters. The number of nitrogens with zero attached hydrogens (tertiary/aromatic N) is 1. The molecule has 3 nitrogen and oxygen atoms in total. The Hall–Kier alpha value is -1.68. The van der Waals surface area contributed by atoms with E-state index in [1.54, 1.807) is 18.3 Å². The molecule has 0 saturated heterocycles. The van der Waals surface area contributed by atoms with E-state index in [0.29, 0.717) is 30.2 Å². The van der Waals surface area contributed by atoms with Crippen molar-refractivity contribution in [3.8, 4) is 11.3 Å². The first-order valence-electron chi connectivity index (χ1n) is 5.62. The summed E-state index contributed by atoms with van der Waals surface area (Å²) in [5.74, 6) is 0.779. The van der Waals surface area contributed by atoms with Gasteiger partial charge in [0.05, 0.1) is 11.8 Å². The van der Waals surface area contributed by atoms with E-state index in [4.69, 9.17) is 10.2 Å². The molecule has 17 heavy (non-hydrogen) atoms. The highest BCUT2D eigenvalue weighted by molar-refractivity contribution is 5.58. The molecule has 0 aliphatic carbocycles. The van der Waals surface area contributed by atoms with E-state index in [-0.39, 0.29) is 5.82 Å². The number of aryl methyl sites for hydroxylation is 2. The third-order valence-electron chi connectivity index (χ3n) is 2.54. The molecule has 0 amide bonds. The fourth-order valence-corrected chi connectivity index (χ4v) is 1.63. The second-order valence-electron chi connectivity index (χ2n) is 3.99. The van der Waals surface area contributed by atoms with Crippen LogP contribution in [0.4, 0.5) is 4.39 Å². The van der Waals surface area contributed by atoms with E-state index >= 15 is 0 Å². The van der Waals surface area contributed by atoms with Crippen molar-refractivity contribution in [2.45, 2.75) is 19.8 Å². The minimum Gasteiger partial charge on any atom is -0.441 e. The van der Waals surface area contributed by atoms with Gasteiger partial charge in [-0.05, 0) is 32.0 Å². The lowest BCUT2D eigenvalue weighted by Crippen LogP contribution is -2.00. The van der Waals surface area contributed by atoms with Crippen molar-refractivity contribution in [2.24, 2.45) is 5.73 Å². The van der Waals surface area contributed by atoms with Crippen LogP contribution in [0.5, 0.6) is 0 Å². The molecule has 2 rings (SSSR count). The molecule has 90 valence electrons. The second kappa shape index (κ2) is 5.10. The van der Waals surface area contributed by atoms with Gasteiger partial charge in [0, 0.05) is 6.42 Å². The van der Waals surface area contributed by atoms with E-state index in [2.05, 4.69) is 4.98 Å². The molecule has 0 unspecified atom stereocenters. The number of oxazole rings is 1. The number of rotatable bonds is 4. The Morgan fingerprint density at radius 2 is 2.24 bits per heavy atom. The van der Waals surface area contributed by atoms with E-state index in [9.17, 15) is 4.39 Å². The first kappa shape index (κ1) is 11.8. The van der Waals surface area contributed by atoms with Crippen LogP contribution in [0.2, 0.25) is 0 Å². The number of halogens is 1. The largest absolute Gasteiger partial charge is 0.441 e. The Bertz CT molecular complexity index is 508. The molecule has 1 aromatic heterocycles. The zero-order chi connectivity index (χ0) is 12.3. The van der Waals surface area contributed by atoms with Gasteiger partial charge >= 0.3 is 0 Å². The molecule has 1 heterocycles. The molecular formula is C13H15FN2O. The molecule has 4 heteroatoms. The summed E-state index contributed by atoms with van der Waals surface area (Å²) in [6, 6.07) is 4.92. The van der Waals surface area contributed by atoms with Crippen LogP contribution in [0.15, 0.2) is 28.8 Å². The highest BCUT2D eigenvalue weighted by atomic mass is 19.1. The number of hydrogen-bond acceptors (Lipinski definition) is 3. The molecule has 0 radical (unpaired) electrons. The number of aromatic nitrogens is 1. The molecule has 2 N–H and O–H groups in total. The monoisotopic (exact) mass is 234 g/mol. The molecule has 0 fully saturated rings. The Kier molecular flexibility index (Phi) is 3.54. The highest BCUT2D eigenvalue weighted by Gasteiger charge is 2.10.